The van der Waals surface area contributed by atoms with Crippen LogP contribution in [0.1, 0.15) is 18.4 Å². The van der Waals surface area contributed by atoms with Crippen molar-refractivity contribution in [2.75, 3.05) is 12.3 Å². The first-order valence-corrected chi connectivity index (χ1v) is 6.15. The second kappa shape index (κ2) is 4.97. The molecule has 0 saturated heterocycles. The molecule has 0 aliphatic heterocycles. The zero-order valence-electron chi connectivity index (χ0n) is 10.6. The number of carbonyl (C=O) groups excluding carboxylic acids is 1. The Labute approximate surface area is 113 Å². The number of alkyl halides is 3. The van der Waals surface area contributed by atoms with Crippen molar-refractivity contribution in [1.82, 2.24) is 5.32 Å². The van der Waals surface area contributed by atoms with E-state index in [0.29, 0.717) is 18.5 Å². The van der Waals surface area contributed by atoms with Crippen LogP contribution in [0.15, 0.2) is 24.3 Å². The lowest BCUT2D eigenvalue weighted by molar-refractivity contribution is -0.201. The minimum Gasteiger partial charge on any atom is -0.399 e. The third-order valence-electron chi connectivity index (χ3n) is 3.48. The van der Waals surface area contributed by atoms with Crippen LogP contribution < -0.4 is 11.1 Å². The van der Waals surface area contributed by atoms with Gasteiger partial charge >= 0.3 is 6.18 Å². The number of amides is 1. The van der Waals surface area contributed by atoms with E-state index in [1.165, 1.54) is 0 Å². The van der Waals surface area contributed by atoms with Gasteiger partial charge in [-0.15, -0.1) is 0 Å². The fraction of sp³-hybridized carbons (Fsp3) is 0.462. The van der Waals surface area contributed by atoms with Crippen LogP contribution in [0.2, 0.25) is 0 Å². The quantitative estimate of drug-likeness (QED) is 0.732. The lowest BCUT2D eigenvalue weighted by Crippen LogP contribution is -2.44. The standard InChI is InChI=1S/C13H15F3N2O2/c14-13(15,16)10(19)7-18-11(20)12(5-6-12)8-1-3-9(17)4-2-8/h1-4,10,19H,5-7,17H2,(H,18,20). The van der Waals surface area contributed by atoms with Gasteiger partial charge in [0, 0.05) is 5.69 Å². The molecular formula is C13H15F3N2O2. The molecule has 2 rings (SSSR count). The number of halogens is 3. The summed E-state index contributed by atoms with van der Waals surface area (Å²) >= 11 is 0. The second-order valence-electron chi connectivity index (χ2n) is 4.97. The molecule has 1 saturated carbocycles. The number of hydrogen-bond acceptors (Lipinski definition) is 3. The van der Waals surface area contributed by atoms with Crippen LogP contribution in [-0.4, -0.2) is 29.8 Å². The zero-order chi connectivity index (χ0) is 15.0. The number of hydrogen-bond donors (Lipinski definition) is 3. The minimum atomic E-state index is -4.73. The van der Waals surface area contributed by atoms with Crippen LogP contribution in [0, 0.1) is 0 Å². The molecule has 110 valence electrons. The van der Waals surface area contributed by atoms with Crippen molar-refractivity contribution >= 4 is 11.6 Å². The van der Waals surface area contributed by atoms with Crippen molar-refractivity contribution in [3.63, 3.8) is 0 Å². The SMILES string of the molecule is Nc1ccc(C2(C(=O)NCC(O)C(F)(F)F)CC2)cc1. The Balaban J connectivity index is 2.01. The van der Waals surface area contributed by atoms with Gasteiger partial charge < -0.3 is 16.2 Å². The van der Waals surface area contributed by atoms with Gasteiger partial charge in [0.15, 0.2) is 6.10 Å². The summed E-state index contributed by atoms with van der Waals surface area (Å²) in [4.78, 5) is 12.0. The highest BCUT2D eigenvalue weighted by Gasteiger charge is 2.51. The number of carbonyl (C=O) groups is 1. The first kappa shape index (κ1) is 14.6. The summed E-state index contributed by atoms with van der Waals surface area (Å²) in [6.45, 7) is -0.834. The van der Waals surface area contributed by atoms with E-state index in [1.807, 2.05) is 0 Å². The molecule has 1 aliphatic rings. The molecule has 4 N–H and O–H groups in total. The van der Waals surface area contributed by atoms with E-state index < -0.39 is 30.1 Å². The number of anilines is 1. The fourth-order valence-corrected chi connectivity index (χ4v) is 2.05. The molecule has 20 heavy (non-hydrogen) atoms. The van der Waals surface area contributed by atoms with Gasteiger partial charge in [0.05, 0.1) is 12.0 Å². The number of rotatable bonds is 4. The monoisotopic (exact) mass is 288 g/mol. The van der Waals surface area contributed by atoms with Crippen molar-refractivity contribution in [2.24, 2.45) is 0 Å². The molecule has 1 aromatic rings. The molecule has 7 heteroatoms. The van der Waals surface area contributed by atoms with Gasteiger partial charge in [-0.25, -0.2) is 0 Å². The molecule has 0 radical (unpaired) electrons. The highest BCUT2D eigenvalue weighted by molar-refractivity contribution is 5.91. The largest absolute Gasteiger partial charge is 0.416 e. The number of aliphatic hydroxyl groups is 1. The molecular weight excluding hydrogens is 273 g/mol. The molecule has 0 bridgehead atoms. The topological polar surface area (TPSA) is 75.4 Å². The van der Waals surface area contributed by atoms with E-state index in [4.69, 9.17) is 10.8 Å². The van der Waals surface area contributed by atoms with Gasteiger partial charge in [-0.3, -0.25) is 4.79 Å². The summed E-state index contributed by atoms with van der Waals surface area (Å²) in [6, 6.07) is 6.69. The normalized spacial score (nSPS) is 18.4. The summed E-state index contributed by atoms with van der Waals surface area (Å²) in [5.41, 5.74) is 6.06. The Morgan fingerprint density at radius 3 is 2.35 bits per heavy atom. The number of aliphatic hydroxyl groups excluding tert-OH is 1. The first-order chi connectivity index (χ1) is 9.25. The molecule has 0 heterocycles. The lowest BCUT2D eigenvalue weighted by atomic mass is 9.94. The van der Waals surface area contributed by atoms with Crippen molar-refractivity contribution in [3.8, 4) is 0 Å². The lowest BCUT2D eigenvalue weighted by Gasteiger charge is -2.19. The summed E-state index contributed by atoms with van der Waals surface area (Å²) in [7, 11) is 0. The molecule has 1 amide bonds. The minimum absolute atomic E-state index is 0.495. The Morgan fingerprint density at radius 1 is 1.35 bits per heavy atom. The molecule has 0 aromatic heterocycles. The van der Waals surface area contributed by atoms with Crippen LogP contribution in [0.4, 0.5) is 18.9 Å². The van der Waals surface area contributed by atoms with Crippen LogP contribution in [-0.2, 0) is 10.2 Å². The number of benzene rings is 1. The molecule has 1 aromatic carbocycles. The van der Waals surface area contributed by atoms with Gasteiger partial charge in [-0.1, -0.05) is 12.1 Å². The molecule has 1 fully saturated rings. The van der Waals surface area contributed by atoms with Gasteiger partial charge in [0.2, 0.25) is 5.91 Å². The van der Waals surface area contributed by atoms with E-state index in [2.05, 4.69) is 5.32 Å². The summed E-state index contributed by atoms with van der Waals surface area (Å²) in [5, 5.41) is 11.0. The van der Waals surface area contributed by atoms with Gasteiger partial charge in [-0.05, 0) is 30.5 Å². The number of nitrogen functional groups attached to an aromatic ring is 1. The molecule has 1 aliphatic carbocycles. The van der Waals surface area contributed by atoms with E-state index >= 15 is 0 Å². The average Bonchev–Trinajstić information content (AvgIpc) is 3.16. The number of nitrogens with one attached hydrogen (secondary N) is 1. The first-order valence-electron chi connectivity index (χ1n) is 6.15. The third-order valence-corrected chi connectivity index (χ3v) is 3.48. The molecule has 1 unspecified atom stereocenters. The van der Waals surface area contributed by atoms with Crippen LogP contribution in [0.5, 0.6) is 0 Å². The Morgan fingerprint density at radius 2 is 1.90 bits per heavy atom. The van der Waals surface area contributed by atoms with Gasteiger partial charge in [0.1, 0.15) is 0 Å². The third kappa shape index (κ3) is 2.87. The smallest absolute Gasteiger partial charge is 0.399 e. The molecule has 1 atom stereocenters. The summed E-state index contributed by atoms with van der Waals surface area (Å²) < 4.78 is 36.5. The summed E-state index contributed by atoms with van der Waals surface area (Å²) in [6.07, 6.45) is -6.13. The maximum absolute atomic E-state index is 12.2. The van der Waals surface area contributed by atoms with Crippen molar-refractivity contribution in [1.29, 1.82) is 0 Å². The average molecular weight is 288 g/mol. The number of nitrogens with two attached hydrogens (primary N) is 1. The van der Waals surface area contributed by atoms with Crippen molar-refractivity contribution in [3.05, 3.63) is 29.8 Å². The zero-order valence-corrected chi connectivity index (χ0v) is 10.6. The highest BCUT2D eigenvalue weighted by Crippen LogP contribution is 2.48. The fourth-order valence-electron chi connectivity index (χ4n) is 2.05. The van der Waals surface area contributed by atoms with Gasteiger partial charge in [0.25, 0.3) is 0 Å². The predicted octanol–water partition coefficient (Wildman–Crippen LogP) is 1.34. The second-order valence-corrected chi connectivity index (χ2v) is 4.97. The van der Waals surface area contributed by atoms with E-state index in [-0.39, 0.29) is 0 Å². The maximum atomic E-state index is 12.2. The van der Waals surface area contributed by atoms with E-state index in [9.17, 15) is 18.0 Å². The Hall–Kier alpha value is -1.76. The molecule has 0 spiro atoms. The van der Waals surface area contributed by atoms with Crippen molar-refractivity contribution in [2.45, 2.75) is 30.5 Å². The van der Waals surface area contributed by atoms with E-state index in [0.717, 1.165) is 5.56 Å². The van der Waals surface area contributed by atoms with Crippen molar-refractivity contribution < 1.29 is 23.1 Å². The summed E-state index contributed by atoms with van der Waals surface area (Å²) in [5.74, 6) is -0.495. The molecule has 4 nitrogen and oxygen atoms in total. The van der Waals surface area contributed by atoms with Gasteiger partial charge in [-0.2, -0.15) is 13.2 Å². The predicted molar refractivity (Wildman–Crippen MR) is 66.8 cm³/mol. The van der Waals surface area contributed by atoms with Crippen LogP contribution in [0.25, 0.3) is 0 Å². The van der Waals surface area contributed by atoms with Crippen LogP contribution in [0.3, 0.4) is 0 Å². The Kier molecular flexibility index (Phi) is 3.64. The van der Waals surface area contributed by atoms with E-state index in [1.54, 1.807) is 24.3 Å². The highest BCUT2D eigenvalue weighted by atomic mass is 19.4. The van der Waals surface area contributed by atoms with Crippen LogP contribution >= 0.6 is 0 Å². The Bertz CT molecular complexity index is 495. The maximum Gasteiger partial charge on any atom is 0.416 e.